The number of benzene rings is 7. The molecule has 8 aromatic rings. The molecule has 4 bridgehead atoms. The Kier molecular flexibility index (Phi) is 7.64. The van der Waals surface area contributed by atoms with Gasteiger partial charge in [-0.05, 0) is 105 Å². The molecule has 1 aromatic heterocycles. The van der Waals surface area contributed by atoms with Gasteiger partial charge in [-0.1, -0.05) is 154 Å². The van der Waals surface area contributed by atoms with Crippen LogP contribution in [0.5, 0.6) is 11.5 Å². The molecule has 0 unspecified atom stereocenters. The molecule has 63 heavy (non-hydrogen) atoms. The van der Waals surface area contributed by atoms with E-state index in [0.717, 1.165) is 34.1 Å². The summed E-state index contributed by atoms with van der Waals surface area (Å²) in [6, 6.07) is 55.6. The van der Waals surface area contributed by atoms with Crippen LogP contribution in [0.2, 0.25) is 0 Å². The van der Waals surface area contributed by atoms with Gasteiger partial charge in [0.25, 0.3) is 6.71 Å². The second-order valence-electron chi connectivity index (χ2n) is 21.5. The van der Waals surface area contributed by atoms with Gasteiger partial charge in [-0.15, -0.1) is 0 Å². The first kappa shape index (κ1) is 38.2. The predicted molar refractivity (Wildman–Crippen MR) is 265 cm³/mol. The van der Waals surface area contributed by atoms with Crippen LogP contribution >= 0.6 is 0 Å². The van der Waals surface area contributed by atoms with E-state index in [2.05, 4.69) is 229 Å². The number of ether oxygens (including phenoxy) is 1. The van der Waals surface area contributed by atoms with Crippen molar-refractivity contribution < 1.29 is 4.74 Å². The molecule has 5 heteroatoms. The summed E-state index contributed by atoms with van der Waals surface area (Å²) in [5.74, 6) is 1.86. The average Bonchev–Trinajstić information content (AvgIpc) is 3.61. The van der Waals surface area contributed by atoms with E-state index < -0.39 is 0 Å². The van der Waals surface area contributed by atoms with Gasteiger partial charge in [0.2, 0.25) is 0 Å². The maximum atomic E-state index is 7.26. The molecule has 0 fully saturated rings. The Morgan fingerprint density at radius 2 is 1.13 bits per heavy atom. The minimum atomic E-state index is -0.281. The molecule has 12 rings (SSSR count). The topological polar surface area (TPSA) is 20.6 Å². The molecule has 0 amide bonds. The highest BCUT2D eigenvalue weighted by Crippen LogP contribution is 2.55. The van der Waals surface area contributed by atoms with Gasteiger partial charge in [-0.25, -0.2) is 0 Å². The molecule has 0 spiro atoms. The van der Waals surface area contributed by atoms with Crippen LogP contribution in [0.25, 0.3) is 16.6 Å². The van der Waals surface area contributed by atoms with Crippen molar-refractivity contribution in [1.29, 1.82) is 0 Å². The van der Waals surface area contributed by atoms with Gasteiger partial charge >= 0.3 is 0 Å². The van der Waals surface area contributed by atoms with Gasteiger partial charge in [-0.3, -0.25) is 0 Å². The third-order valence-electron chi connectivity index (χ3n) is 15.0. The summed E-state index contributed by atoms with van der Waals surface area (Å²) < 4.78 is 9.86. The smallest absolute Gasteiger partial charge is 0.273 e. The lowest BCUT2D eigenvalue weighted by molar-refractivity contribution is 0.421. The lowest BCUT2D eigenvalue weighted by atomic mass is 9.34. The molecule has 4 aliphatic rings. The lowest BCUT2D eigenvalue weighted by Crippen LogP contribution is -2.63. The second-order valence-corrected chi connectivity index (χ2v) is 21.5. The Hall–Kier alpha value is -6.46. The molecule has 5 heterocycles. The van der Waals surface area contributed by atoms with Crippen molar-refractivity contribution in [2.75, 3.05) is 9.80 Å². The minimum absolute atomic E-state index is 0.0229. The number of fused-ring (bicyclic) bond motifs is 10. The summed E-state index contributed by atoms with van der Waals surface area (Å²) in [5, 5.41) is 1.18. The Morgan fingerprint density at radius 3 is 1.81 bits per heavy atom. The molecule has 310 valence electrons. The average molecular weight is 820 g/mol. The van der Waals surface area contributed by atoms with Crippen molar-refractivity contribution in [2.24, 2.45) is 0 Å². The summed E-state index contributed by atoms with van der Waals surface area (Å²) in [7, 11) is 0. The van der Waals surface area contributed by atoms with E-state index in [4.69, 9.17) is 4.74 Å². The maximum Gasteiger partial charge on any atom is 0.273 e. The van der Waals surface area contributed by atoms with Gasteiger partial charge in [0, 0.05) is 67.1 Å². The molecule has 0 aliphatic carbocycles. The number of rotatable bonds is 2. The first-order valence-corrected chi connectivity index (χ1v) is 22.7. The number of aromatic nitrogens is 1. The number of anilines is 6. The van der Waals surface area contributed by atoms with Crippen LogP contribution in [0.15, 0.2) is 146 Å². The van der Waals surface area contributed by atoms with Crippen LogP contribution in [-0.4, -0.2) is 11.3 Å². The molecular formula is C58H54BN3O. The number of nitrogens with zero attached hydrogens (tertiary/aromatic N) is 3. The van der Waals surface area contributed by atoms with Crippen molar-refractivity contribution in [1.82, 2.24) is 4.57 Å². The molecule has 0 N–H and O–H groups in total. The van der Waals surface area contributed by atoms with Crippen LogP contribution in [0, 0.1) is 0 Å². The maximum absolute atomic E-state index is 7.26. The first-order chi connectivity index (χ1) is 30.0. The molecule has 0 atom stereocenters. The van der Waals surface area contributed by atoms with E-state index in [1.54, 1.807) is 0 Å². The largest absolute Gasteiger partial charge is 0.454 e. The minimum Gasteiger partial charge on any atom is -0.454 e. The van der Waals surface area contributed by atoms with Gasteiger partial charge in [-0.2, -0.15) is 0 Å². The van der Waals surface area contributed by atoms with Crippen molar-refractivity contribution >= 4 is 68.3 Å². The second kappa shape index (κ2) is 12.6. The third-order valence-corrected chi connectivity index (χ3v) is 15.0. The highest BCUT2D eigenvalue weighted by atomic mass is 16.5. The normalized spacial score (nSPS) is 16.1. The van der Waals surface area contributed by atoms with E-state index in [9.17, 15) is 0 Å². The zero-order valence-corrected chi connectivity index (χ0v) is 38.2. The Bertz CT molecular complexity index is 3230. The predicted octanol–water partition coefficient (Wildman–Crippen LogP) is 13.4. The van der Waals surface area contributed by atoms with E-state index in [0.29, 0.717) is 0 Å². The van der Waals surface area contributed by atoms with E-state index in [1.807, 2.05) is 0 Å². The van der Waals surface area contributed by atoms with Crippen LogP contribution in [0.4, 0.5) is 34.1 Å². The van der Waals surface area contributed by atoms with Crippen LogP contribution < -0.4 is 31.1 Å². The molecular weight excluding hydrogens is 765 g/mol. The van der Waals surface area contributed by atoms with Gasteiger partial charge in [0.1, 0.15) is 5.75 Å². The standard InChI is InChI=1S/C58H54BN3O/c1-55(2,3)35-21-26-39(27-22-35)60-46-32-25-38-34-45(46)59-50-47(60)18-14-19-48(50)61(40-28-23-36(24-29-40)56(4,5)6)52-42-30-31-44-53(63-49-20-12-11-17-43(49)58(44,9)10)51(42)62(54(52)59)41-16-13-15-37(33-41)57(38,7)8/h11-34H,1-10H3. The SMILES string of the molecule is CC(C)(C)c1ccc(N2c3ccc4cc3B3c5c2cccc5N(c2ccc(C(C)(C)C)cc2)c2c3n(c3c5c(ccc23)C(C)(C)c2ccccc2O5)-c2cccc(c2)C4(C)C)cc1. The first-order valence-electron chi connectivity index (χ1n) is 22.7. The van der Waals surface area contributed by atoms with Gasteiger partial charge in [0.05, 0.1) is 11.2 Å². The summed E-state index contributed by atoms with van der Waals surface area (Å²) in [6.45, 7) is 23.1. The van der Waals surface area contributed by atoms with Gasteiger partial charge in [0.15, 0.2) is 5.75 Å². The van der Waals surface area contributed by atoms with E-state index >= 15 is 0 Å². The zero-order valence-electron chi connectivity index (χ0n) is 38.2. The van der Waals surface area contributed by atoms with Crippen molar-refractivity contribution in [3.8, 4) is 17.2 Å². The fourth-order valence-electron chi connectivity index (χ4n) is 11.3. The summed E-state index contributed by atoms with van der Waals surface area (Å²) in [4.78, 5) is 5.10. The Morgan fingerprint density at radius 1 is 0.508 bits per heavy atom. The van der Waals surface area contributed by atoms with Crippen molar-refractivity contribution in [3.05, 3.63) is 179 Å². The quantitative estimate of drug-likeness (QED) is 0.162. The molecule has 0 saturated heterocycles. The number of para-hydroxylation sites is 1. The lowest BCUT2D eigenvalue weighted by Gasteiger charge is -2.44. The summed E-state index contributed by atoms with van der Waals surface area (Å²) >= 11 is 0. The van der Waals surface area contributed by atoms with E-state index in [-0.39, 0.29) is 28.4 Å². The zero-order chi connectivity index (χ0) is 43.5. The fourth-order valence-corrected chi connectivity index (χ4v) is 11.3. The van der Waals surface area contributed by atoms with Crippen molar-refractivity contribution in [3.63, 3.8) is 0 Å². The molecule has 4 nitrogen and oxygen atoms in total. The summed E-state index contributed by atoms with van der Waals surface area (Å²) in [5.41, 5.74) is 20.5. The highest BCUT2D eigenvalue weighted by Gasteiger charge is 2.49. The monoisotopic (exact) mass is 819 g/mol. The van der Waals surface area contributed by atoms with Crippen LogP contribution in [0.3, 0.4) is 0 Å². The molecule has 0 radical (unpaired) electrons. The fraction of sp³-hybridized carbons (Fsp3) is 0.241. The van der Waals surface area contributed by atoms with Crippen LogP contribution in [0.1, 0.15) is 103 Å². The Labute approximate surface area is 372 Å². The van der Waals surface area contributed by atoms with E-state index in [1.165, 1.54) is 78.0 Å². The number of hydrogen-bond donors (Lipinski definition) is 0. The molecule has 4 aliphatic heterocycles. The van der Waals surface area contributed by atoms with Gasteiger partial charge < -0.3 is 19.1 Å². The third kappa shape index (κ3) is 5.23. The highest BCUT2D eigenvalue weighted by molar-refractivity contribution is 7.00. The van der Waals surface area contributed by atoms with Crippen LogP contribution in [-0.2, 0) is 21.7 Å². The molecule has 0 saturated carbocycles. The number of hydrogen-bond acceptors (Lipinski definition) is 3. The summed E-state index contributed by atoms with van der Waals surface area (Å²) in [6.07, 6.45) is 0. The van der Waals surface area contributed by atoms with Crippen molar-refractivity contribution in [2.45, 2.75) is 90.9 Å². The Balaban J connectivity index is 1.25. The molecule has 7 aromatic carbocycles.